The molecular formula is C17H20N2O2S2. The second kappa shape index (κ2) is 6.93. The molecule has 0 saturated heterocycles. The molecule has 23 heavy (non-hydrogen) atoms. The molecule has 1 aliphatic carbocycles. The van der Waals surface area contributed by atoms with Crippen molar-refractivity contribution in [3.05, 3.63) is 38.5 Å². The number of hydrogen-bond donors (Lipinski definition) is 1. The Morgan fingerprint density at radius 1 is 1.26 bits per heavy atom. The predicted octanol–water partition coefficient (Wildman–Crippen LogP) is 4.06. The van der Waals surface area contributed by atoms with E-state index in [-0.39, 0.29) is 30.1 Å². The molecule has 1 N–H and O–H groups in total. The molecule has 6 heteroatoms. The minimum Gasteiger partial charge on any atom is -0.344 e. The molecule has 0 unspecified atom stereocenters. The lowest BCUT2D eigenvalue weighted by molar-refractivity contribution is -0.123. The minimum atomic E-state index is -0.317. The SMILES string of the molecule is Cc1csc(C2(NC(=O)CCC(=O)c3cccs3)CCCC2)n1. The highest BCUT2D eigenvalue weighted by molar-refractivity contribution is 7.12. The summed E-state index contributed by atoms with van der Waals surface area (Å²) >= 11 is 3.04. The molecule has 1 aliphatic rings. The molecule has 1 saturated carbocycles. The molecule has 0 spiro atoms. The third kappa shape index (κ3) is 3.70. The predicted molar refractivity (Wildman–Crippen MR) is 93.0 cm³/mol. The van der Waals surface area contributed by atoms with Gasteiger partial charge in [-0.1, -0.05) is 18.9 Å². The number of nitrogens with zero attached hydrogens (tertiary/aromatic N) is 1. The van der Waals surface area contributed by atoms with Gasteiger partial charge >= 0.3 is 0 Å². The standard InChI is InChI=1S/C17H20N2O2S2/c1-12-11-23-16(18-12)17(8-2-3-9-17)19-15(21)7-6-13(20)14-5-4-10-22-14/h4-5,10-11H,2-3,6-9H2,1H3,(H,19,21). The molecular weight excluding hydrogens is 328 g/mol. The van der Waals surface area contributed by atoms with Crippen LogP contribution < -0.4 is 5.32 Å². The van der Waals surface area contributed by atoms with Crippen LogP contribution in [0.15, 0.2) is 22.9 Å². The van der Waals surface area contributed by atoms with E-state index in [1.807, 2.05) is 29.8 Å². The van der Waals surface area contributed by atoms with Gasteiger partial charge in [-0.2, -0.15) is 0 Å². The van der Waals surface area contributed by atoms with Gasteiger partial charge in [-0.15, -0.1) is 22.7 Å². The van der Waals surface area contributed by atoms with Crippen molar-refractivity contribution < 1.29 is 9.59 Å². The van der Waals surface area contributed by atoms with Gasteiger partial charge in [0.05, 0.1) is 10.4 Å². The van der Waals surface area contributed by atoms with Crippen LogP contribution in [0, 0.1) is 6.92 Å². The fourth-order valence-corrected chi connectivity index (χ4v) is 4.77. The van der Waals surface area contributed by atoms with Crippen LogP contribution in [0.3, 0.4) is 0 Å². The summed E-state index contributed by atoms with van der Waals surface area (Å²) in [6.45, 7) is 1.98. The number of aromatic nitrogens is 1. The summed E-state index contributed by atoms with van der Waals surface area (Å²) in [5, 5.41) is 8.10. The van der Waals surface area contributed by atoms with Gasteiger partial charge in [0.15, 0.2) is 5.78 Å². The van der Waals surface area contributed by atoms with Gasteiger partial charge in [-0.3, -0.25) is 9.59 Å². The highest BCUT2D eigenvalue weighted by Gasteiger charge is 2.39. The molecule has 0 aliphatic heterocycles. The molecule has 122 valence electrons. The van der Waals surface area contributed by atoms with Crippen molar-refractivity contribution in [2.45, 2.75) is 51.0 Å². The maximum atomic E-state index is 12.4. The number of rotatable bonds is 6. The number of thiophene rings is 1. The van der Waals surface area contributed by atoms with E-state index >= 15 is 0 Å². The summed E-state index contributed by atoms with van der Waals surface area (Å²) in [6, 6.07) is 3.66. The third-order valence-electron chi connectivity index (χ3n) is 4.24. The Balaban J connectivity index is 1.62. The Morgan fingerprint density at radius 2 is 2.04 bits per heavy atom. The molecule has 4 nitrogen and oxygen atoms in total. The summed E-state index contributed by atoms with van der Waals surface area (Å²) in [6.07, 6.45) is 4.58. The van der Waals surface area contributed by atoms with Gasteiger partial charge in [-0.25, -0.2) is 4.98 Å². The number of ketones is 1. The summed E-state index contributed by atoms with van der Waals surface area (Å²) in [7, 11) is 0. The van der Waals surface area contributed by atoms with E-state index in [2.05, 4.69) is 10.3 Å². The average Bonchev–Trinajstić information content (AvgIpc) is 3.26. The van der Waals surface area contributed by atoms with Gasteiger partial charge in [0.2, 0.25) is 5.91 Å². The van der Waals surface area contributed by atoms with Crippen LogP contribution in [0.25, 0.3) is 0 Å². The van der Waals surface area contributed by atoms with E-state index in [1.165, 1.54) is 11.3 Å². The lowest BCUT2D eigenvalue weighted by Crippen LogP contribution is -2.43. The van der Waals surface area contributed by atoms with Gasteiger partial charge in [0.1, 0.15) is 5.01 Å². The van der Waals surface area contributed by atoms with E-state index < -0.39 is 0 Å². The Morgan fingerprint density at radius 3 is 2.65 bits per heavy atom. The number of hydrogen-bond acceptors (Lipinski definition) is 5. The van der Waals surface area contributed by atoms with Crippen molar-refractivity contribution >= 4 is 34.4 Å². The molecule has 0 radical (unpaired) electrons. The van der Waals surface area contributed by atoms with Crippen LogP contribution >= 0.6 is 22.7 Å². The van der Waals surface area contributed by atoms with E-state index in [1.54, 1.807) is 11.3 Å². The van der Waals surface area contributed by atoms with E-state index in [0.29, 0.717) is 0 Å². The van der Waals surface area contributed by atoms with Crippen LogP contribution in [-0.4, -0.2) is 16.7 Å². The van der Waals surface area contributed by atoms with E-state index in [4.69, 9.17) is 0 Å². The number of carbonyl (C=O) groups is 2. The van der Waals surface area contributed by atoms with Gasteiger partial charge < -0.3 is 5.32 Å². The maximum absolute atomic E-state index is 12.4. The number of amides is 1. The van der Waals surface area contributed by atoms with Gasteiger partial charge in [-0.05, 0) is 31.2 Å². The van der Waals surface area contributed by atoms with Crippen molar-refractivity contribution in [2.75, 3.05) is 0 Å². The van der Waals surface area contributed by atoms with Crippen molar-refractivity contribution in [1.82, 2.24) is 10.3 Å². The molecule has 2 aromatic heterocycles. The summed E-state index contributed by atoms with van der Waals surface area (Å²) in [4.78, 5) is 29.7. The van der Waals surface area contributed by atoms with E-state index in [9.17, 15) is 9.59 Å². The maximum Gasteiger partial charge on any atom is 0.221 e. The largest absolute Gasteiger partial charge is 0.344 e. The van der Waals surface area contributed by atoms with Crippen molar-refractivity contribution in [1.29, 1.82) is 0 Å². The second-order valence-corrected chi connectivity index (χ2v) is 7.84. The lowest BCUT2D eigenvalue weighted by Gasteiger charge is -2.28. The zero-order valence-corrected chi connectivity index (χ0v) is 14.8. The first-order chi connectivity index (χ1) is 11.1. The normalized spacial score (nSPS) is 16.4. The Labute approximate surface area is 144 Å². The summed E-state index contributed by atoms with van der Waals surface area (Å²) < 4.78 is 0. The second-order valence-electron chi connectivity index (χ2n) is 6.03. The van der Waals surface area contributed by atoms with Crippen LogP contribution in [0.1, 0.15) is 58.9 Å². The molecule has 1 fully saturated rings. The van der Waals surface area contributed by atoms with Gasteiger partial charge in [0.25, 0.3) is 0 Å². The topological polar surface area (TPSA) is 59.1 Å². The highest BCUT2D eigenvalue weighted by Crippen LogP contribution is 2.40. The zero-order valence-electron chi connectivity index (χ0n) is 13.1. The third-order valence-corrected chi connectivity index (χ3v) is 6.31. The molecule has 0 aromatic carbocycles. The van der Waals surface area contributed by atoms with Crippen LogP contribution in [-0.2, 0) is 10.3 Å². The van der Waals surface area contributed by atoms with Crippen molar-refractivity contribution in [3.63, 3.8) is 0 Å². The van der Waals surface area contributed by atoms with Crippen molar-refractivity contribution in [2.24, 2.45) is 0 Å². The first-order valence-electron chi connectivity index (χ1n) is 7.89. The smallest absolute Gasteiger partial charge is 0.221 e. The summed E-state index contributed by atoms with van der Waals surface area (Å²) in [5.41, 5.74) is 0.681. The van der Waals surface area contributed by atoms with Crippen molar-refractivity contribution in [3.8, 4) is 0 Å². The summed E-state index contributed by atoms with van der Waals surface area (Å²) in [5.74, 6) is -0.00891. The molecule has 0 atom stereocenters. The van der Waals surface area contributed by atoms with Crippen LogP contribution in [0.5, 0.6) is 0 Å². The molecule has 2 heterocycles. The first-order valence-corrected chi connectivity index (χ1v) is 9.65. The number of nitrogens with one attached hydrogen (secondary N) is 1. The number of aryl methyl sites for hydroxylation is 1. The number of carbonyl (C=O) groups excluding carboxylic acids is 2. The molecule has 0 bridgehead atoms. The Bertz CT molecular complexity index is 685. The highest BCUT2D eigenvalue weighted by atomic mass is 32.1. The van der Waals surface area contributed by atoms with E-state index in [0.717, 1.165) is 41.3 Å². The molecule has 1 amide bonds. The van der Waals surface area contributed by atoms with Crippen LogP contribution in [0.2, 0.25) is 0 Å². The molecule has 3 rings (SSSR count). The lowest BCUT2D eigenvalue weighted by atomic mass is 9.98. The monoisotopic (exact) mass is 348 g/mol. The minimum absolute atomic E-state index is 0.0423. The quantitative estimate of drug-likeness (QED) is 0.801. The zero-order chi connectivity index (χ0) is 16.3. The Hall–Kier alpha value is -1.53. The molecule has 2 aromatic rings. The fourth-order valence-electron chi connectivity index (χ4n) is 3.06. The fraction of sp³-hybridized carbons (Fsp3) is 0.471. The van der Waals surface area contributed by atoms with Crippen LogP contribution in [0.4, 0.5) is 0 Å². The number of thiazole rings is 1. The average molecular weight is 348 g/mol. The Kier molecular flexibility index (Phi) is 4.92. The number of Topliss-reactive ketones (excluding diaryl/α,β-unsaturated/α-hetero) is 1. The van der Waals surface area contributed by atoms with Gasteiger partial charge in [0, 0.05) is 23.9 Å². The first kappa shape index (κ1) is 16.3.